The Balaban J connectivity index is 2.01. The molecule has 8 nitrogen and oxygen atoms in total. The molecule has 2 heterocycles. The molecule has 3 atom stereocenters. The van der Waals surface area contributed by atoms with Gasteiger partial charge in [0.2, 0.25) is 17.7 Å². The van der Waals surface area contributed by atoms with E-state index in [0.29, 0.717) is 19.6 Å². The highest BCUT2D eigenvalue weighted by Gasteiger charge is 2.30. The van der Waals surface area contributed by atoms with E-state index in [1.54, 1.807) is 11.9 Å². The van der Waals surface area contributed by atoms with Crippen molar-refractivity contribution in [2.24, 2.45) is 11.8 Å². The summed E-state index contributed by atoms with van der Waals surface area (Å²) in [7, 11) is 1.77. The number of likely N-dealkylation sites (N-methyl/N-ethyl adjacent to an activating group) is 1. The van der Waals surface area contributed by atoms with Crippen molar-refractivity contribution in [3.63, 3.8) is 0 Å². The molecule has 2 aliphatic heterocycles. The molecule has 0 aromatic rings. The van der Waals surface area contributed by atoms with E-state index < -0.39 is 18.2 Å². The van der Waals surface area contributed by atoms with E-state index in [0.717, 1.165) is 44.9 Å². The number of carbonyl (C=O) groups is 3. The summed E-state index contributed by atoms with van der Waals surface area (Å²) in [5.74, 6) is -1.27. The first-order valence-electron chi connectivity index (χ1n) is 11.6. The summed E-state index contributed by atoms with van der Waals surface area (Å²) in [5, 5.41) is 2.92. The lowest BCUT2D eigenvalue weighted by molar-refractivity contribution is -0.200. The fraction of sp³-hybridized carbons (Fsp3) is 0.783. The summed E-state index contributed by atoms with van der Waals surface area (Å²) in [4.78, 5) is 45.4. The molecule has 0 radical (unpaired) electrons. The zero-order chi connectivity index (χ0) is 22.6. The van der Waals surface area contributed by atoms with Crippen molar-refractivity contribution in [3.8, 4) is 0 Å². The Hall–Kier alpha value is -1.93. The van der Waals surface area contributed by atoms with Gasteiger partial charge in [-0.05, 0) is 50.9 Å². The summed E-state index contributed by atoms with van der Waals surface area (Å²) in [6, 6.07) is -0.603. The molecule has 2 aliphatic rings. The lowest BCUT2D eigenvalue weighted by atomic mass is 9.94. The second-order valence-electron chi connectivity index (χ2n) is 8.87. The Morgan fingerprint density at radius 3 is 2.61 bits per heavy atom. The minimum Gasteiger partial charge on any atom is -0.350 e. The largest absolute Gasteiger partial charge is 0.350 e. The zero-order valence-corrected chi connectivity index (χ0v) is 19.2. The Kier molecular flexibility index (Phi) is 11.0. The third kappa shape index (κ3) is 8.99. The van der Waals surface area contributed by atoms with E-state index in [-0.39, 0.29) is 30.1 Å². The molecule has 2 N–H and O–H groups in total. The van der Waals surface area contributed by atoms with Crippen LogP contribution in [0, 0.1) is 11.8 Å². The third-order valence-corrected chi connectivity index (χ3v) is 5.81. The van der Waals surface area contributed by atoms with Crippen molar-refractivity contribution < 1.29 is 24.0 Å². The molecule has 0 aromatic heterocycles. The molecule has 0 spiro atoms. The Morgan fingerprint density at radius 1 is 1.19 bits per heavy atom. The van der Waals surface area contributed by atoms with Crippen LogP contribution >= 0.6 is 0 Å². The van der Waals surface area contributed by atoms with Crippen LogP contribution < -0.4 is 10.8 Å². The highest BCUT2D eigenvalue weighted by molar-refractivity contribution is 5.90. The van der Waals surface area contributed by atoms with E-state index >= 15 is 0 Å². The highest BCUT2D eigenvalue weighted by Crippen LogP contribution is 2.18. The summed E-state index contributed by atoms with van der Waals surface area (Å²) < 4.78 is 5.45. The van der Waals surface area contributed by atoms with Gasteiger partial charge in [-0.15, -0.1) is 0 Å². The van der Waals surface area contributed by atoms with Crippen molar-refractivity contribution in [3.05, 3.63) is 12.2 Å². The number of nitrogens with zero attached hydrogens (tertiary/aromatic N) is 1. The maximum absolute atomic E-state index is 13.0. The third-order valence-electron chi connectivity index (χ3n) is 5.81. The molecule has 0 saturated carbocycles. The molecule has 3 amide bonds. The smallest absolute Gasteiger partial charge is 0.245 e. The molecule has 176 valence electrons. The number of hydrogen-bond donors (Lipinski definition) is 2. The average Bonchev–Trinajstić information content (AvgIpc) is 2.76. The monoisotopic (exact) mass is 437 g/mol. The maximum Gasteiger partial charge on any atom is 0.245 e. The Bertz CT molecular complexity index is 616. The van der Waals surface area contributed by atoms with Crippen molar-refractivity contribution in [2.45, 2.75) is 84.0 Å². The van der Waals surface area contributed by atoms with Crippen LogP contribution in [-0.4, -0.2) is 55.2 Å². The average molecular weight is 438 g/mol. The first-order valence-corrected chi connectivity index (χ1v) is 11.6. The Labute approximate surface area is 186 Å². The van der Waals surface area contributed by atoms with Crippen molar-refractivity contribution in [2.75, 3.05) is 20.2 Å². The van der Waals surface area contributed by atoms with Gasteiger partial charge in [0.05, 0.1) is 0 Å². The molecular weight excluding hydrogens is 398 g/mol. The predicted octanol–water partition coefficient (Wildman–Crippen LogP) is 2.69. The second-order valence-corrected chi connectivity index (χ2v) is 8.87. The molecule has 0 aliphatic carbocycles. The number of amides is 3. The van der Waals surface area contributed by atoms with Crippen molar-refractivity contribution in [1.82, 2.24) is 15.7 Å². The second kappa shape index (κ2) is 13.5. The molecule has 8 heteroatoms. The van der Waals surface area contributed by atoms with E-state index in [4.69, 9.17) is 9.57 Å². The highest BCUT2D eigenvalue weighted by atomic mass is 16.8. The van der Waals surface area contributed by atoms with Crippen LogP contribution in [0.3, 0.4) is 0 Å². The van der Waals surface area contributed by atoms with Gasteiger partial charge in [-0.3, -0.25) is 14.4 Å². The van der Waals surface area contributed by atoms with Crippen LogP contribution in [0.15, 0.2) is 12.2 Å². The van der Waals surface area contributed by atoms with Crippen LogP contribution in [0.4, 0.5) is 0 Å². The molecule has 1 fully saturated rings. The SMILES string of the molecule is CC(C)[C@@H]1NC(=O)[C@@H](CC(=O)NOC2CCCCO2)CCCC=CCCCN(C)C1=O. The Morgan fingerprint density at radius 2 is 1.94 bits per heavy atom. The van der Waals surface area contributed by atoms with E-state index in [9.17, 15) is 14.4 Å². The number of allylic oxidation sites excluding steroid dienone is 2. The quantitative estimate of drug-likeness (QED) is 0.509. The first-order chi connectivity index (χ1) is 14.9. The topological polar surface area (TPSA) is 97.0 Å². The molecule has 0 aromatic carbocycles. The van der Waals surface area contributed by atoms with Gasteiger partial charge < -0.3 is 15.0 Å². The van der Waals surface area contributed by atoms with Crippen LogP contribution in [-0.2, 0) is 24.0 Å². The van der Waals surface area contributed by atoms with Crippen molar-refractivity contribution >= 4 is 17.7 Å². The normalized spacial score (nSPS) is 27.0. The van der Waals surface area contributed by atoms with Crippen molar-refractivity contribution in [1.29, 1.82) is 0 Å². The van der Waals surface area contributed by atoms with Gasteiger partial charge in [-0.2, -0.15) is 0 Å². The fourth-order valence-electron chi connectivity index (χ4n) is 3.82. The number of rotatable bonds is 5. The summed E-state index contributed by atoms with van der Waals surface area (Å²) in [6.45, 7) is 5.11. The van der Waals surface area contributed by atoms with E-state index in [2.05, 4.69) is 22.9 Å². The number of ether oxygens (including phenoxy) is 1. The van der Waals surface area contributed by atoms with Gasteiger partial charge in [0.1, 0.15) is 6.04 Å². The lowest BCUT2D eigenvalue weighted by Crippen LogP contribution is -2.52. The zero-order valence-electron chi connectivity index (χ0n) is 19.2. The summed E-state index contributed by atoms with van der Waals surface area (Å²) in [5.41, 5.74) is 2.44. The number of carbonyl (C=O) groups excluding carboxylic acids is 3. The van der Waals surface area contributed by atoms with Gasteiger partial charge >= 0.3 is 0 Å². The molecule has 1 saturated heterocycles. The first kappa shape index (κ1) is 25.3. The van der Waals surface area contributed by atoms with Gasteiger partial charge in [0.25, 0.3) is 0 Å². The maximum atomic E-state index is 13.0. The van der Waals surface area contributed by atoms with Gasteiger partial charge in [0, 0.05) is 39.0 Å². The fourth-order valence-corrected chi connectivity index (χ4v) is 3.82. The van der Waals surface area contributed by atoms with Crippen LogP contribution in [0.1, 0.15) is 71.6 Å². The van der Waals surface area contributed by atoms with Crippen LogP contribution in [0.25, 0.3) is 0 Å². The minimum atomic E-state index is -0.603. The predicted molar refractivity (Wildman–Crippen MR) is 118 cm³/mol. The number of hydroxylamine groups is 1. The number of nitrogens with one attached hydrogen (secondary N) is 2. The van der Waals surface area contributed by atoms with Crippen LogP contribution in [0.2, 0.25) is 0 Å². The molecule has 1 unspecified atom stereocenters. The lowest BCUT2D eigenvalue weighted by Gasteiger charge is -2.29. The van der Waals surface area contributed by atoms with Gasteiger partial charge in [-0.25, -0.2) is 10.3 Å². The van der Waals surface area contributed by atoms with Crippen LogP contribution in [0.5, 0.6) is 0 Å². The summed E-state index contributed by atoms with van der Waals surface area (Å²) >= 11 is 0. The van der Waals surface area contributed by atoms with E-state index in [1.807, 2.05) is 13.8 Å². The molecular formula is C23H39N3O5. The standard InChI is InChI=1S/C23H39N3O5/c1-17(2)21-23(29)26(3)14-10-7-5-4-6-8-12-18(22(28)24-21)16-19(27)25-31-20-13-9-11-15-30-20/h4-5,17-18,20-21H,6-16H2,1-3H3,(H,24,28)(H,25,27)/t18-,20?,21+/m1/s1. The minimum absolute atomic E-state index is 0.0110. The molecule has 0 bridgehead atoms. The number of hydrogen-bond acceptors (Lipinski definition) is 5. The van der Waals surface area contributed by atoms with Gasteiger partial charge in [0.15, 0.2) is 6.29 Å². The summed E-state index contributed by atoms with van der Waals surface area (Å²) in [6.07, 6.45) is 10.6. The molecule has 31 heavy (non-hydrogen) atoms. The molecule has 2 rings (SSSR count). The van der Waals surface area contributed by atoms with Gasteiger partial charge in [-0.1, -0.05) is 26.0 Å². The van der Waals surface area contributed by atoms with E-state index in [1.165, 1.54) is 0 Å².